The molecule has 25 heavy (non-hydrogen) atoms. The van der Waals surface area contributed by atoms with E-state index in [2.05, 4.69) is 37.2 Å². The molecule has 0 aliphatic carbocycles. The number of halogens is 5. The molecule has 0 radical (unpaired) electrons. The Bertz CT molecular complexity index is 865. The lowest BCUT2D eigenvalue weighted by atomic mass is 10.0. The zero-order valence-electron chi connectivity index (χ0n) is 12.3. The van der Waals surface area contributed by atoms with Gasteiger partial charge in [-0.05, 0) is 56.1 Å². The van der Waals surface area contributed by atoms with Gasteiger partial charge in [-0.1, -0.05) is 11.6 Å². The van der Waals surface area contributed by atoms with Crippen LogP contribution in [0.5, 0.6) is 0 Å². The van der Waals surface area contributed by atoms with Crippen molar-refractivity contribution in [3.63, 3.8) is 0 Å². The van der Waals surface area contributed by atoms with Gasteiger partial charge in [-0.15, -0.1) is 0 Å². The number of nitro benzene ring substituents is 1. The van der Waals surface area contributed by atoms with Crippen molar-refractivity contribution in [2.24, 2.45) is 0 Å². The molecule has 2 aromatic rings. The van der Waals surface area contributed by atoms with Gasteiger partial charge in [-0.2, -0.15) is 0 Å². The molecule has 0 spiro atoms. The van der Waals surface area contributed by atoms with E-state index >= 15 is 0 Å². The summed E-state index contributed by atoms with van der Waals surface area (Å²) in [7, 11) is 0. The van der Waals surface area contributed by atoms with Crippen LogP contribution < -0.4 is 5.32 Å². The summed E-state index contributed by atoms with van der Waals surface area (Å²) in [5.41, 5.74) is -0.636. The summed E-state index contributed by atoms with van der Waals surface area (Å²) in [6.07, 6.45) is 0. The van der Waals surface area contributed by atoms with Crippen LogP contribution in [0.25, 0.3) is 0 Å². The molecular weight excluding hydrogens is 489 g/mol. The standard InChI is InChI=1S/C15H9Br2ClF2N2O3/c16-9-6-11(21-4-3-19)14(22(24)25)13(17)12(9)15(23)8-5-7(20)1-2-10(8)18/h1-2,5-6,21H,3-4H2. The van der Waals surface area contributed by atoms with E-state index in [1.165, 1.54) is 12.1 Å². The highest BCUT2D eigenvalue weighted by Crippen LogP contribution is 2.41. The number of nitrogens with zero attached hydrogens (tertiary/aromatic N) is 1. The molecule has 0 unspecified atom stereocenters. The number of alkyl halides is 1. The predicted octanol–water partition coefficient (Wildman–Crippen LogP) is 5.52. The molecule has 0 amide bonds. The number of anilines is 1. The van der Waals surface area contributed by atoms with Crippen molar-refractivity contribution < 1.29 is 18.5 Å². The highest BCUT2D eigenvalue weighted by atomic mass is 79.9. The van der Waals surface area contributed by atoms with E-state index in [0.717, 1.165) is 12.1 Å². The van der Waals surface area contributed by atoms with Crippen LogP contribution >= 0.6 is 43.5 Å². The van der Waals surface area contributed by atoms with Crippen LogP contribution in [-0.2, 0) is 0 Å². The Kier molecular flexibility index (Phi) is 6.47. The molecule has 0 aliphatic rings. The first-order valence-electron chi connectivity index (χ1n) is 6.74. The second-order valence-electron chi connectivity index (χ2n) is 4.77. The summed E-state index contributed by atoms with van der Waals surface area (Å²) in [5, 5.41) is 14.0. The van der Waals surface area contributed by atoms with Crippen LogP contribution in [0.1, 0.15) is 15.9 Å². The molecule has 0 aromatic heterocycles. The minimum atomic E-state index is -0.730. The van der Waals surface area contributed by atoms with Crippen LogP contribution in [-0.4, -0.2) is 23.9 Å². The average Bonchev–Trinajstić information content (AvgIpc) is 2.54. The first kappa shape index (κ1) is 19.7. The molecule has 0 atom stereocenters. The number of nitro groups is 1. The number of ketones is 1. The Hall–Kier alpha value is -1.58. The summed E-state index contributed by atoms with van der Waals surface area (Å²) in [5.74, 6) is -1.38. The van der Waals surface area contributed by atoms with Crippen molar-refractivity contribution in [3.05, 3.63) is 65.3 Å². The number of nitrogens with one attached hydrogen (secondary N) is 1. The van der Waals surface area contributed by atoms with Crippen molar-refractivity contribution >= 4 is 60.6 Å². The largest absolute Gasteiger partial charge is 0.377 e. The second-order valence-corrected chi connectivity index (χ2v) is 6.82. The Morgan fingerprint density at radius 1 is 1.32 bits per heavy atom. The summed E-state index contributed by atoms with van der Waals surface area (Å²) >= 11 is 12.2. The summed E-state index contributed by atoms with van der Waals surface area (Å²) < 4.78 is 25.9. The van der Waals surface area contributed by atoms with E-state index in [0.29, 0.717) is 0 Å². The lowest BCUT2D eigenvalue weighted by Gasteiger charge is -2.13. The molecule has 0 aliphatic heterocycles. The first-order chi connectivity index (χ1) is 11.8. The molecule has 1 N–H and O–H groups in total. The Labute approximate surface area is 162 Å². The van der Waals surface area contributed by atoms with Gasteiger partial charge in [-0.25, -0.2) is 8.78 Å². The van der Waals surface area contributed by atoms with Gasteiger partial charge >= 0.3 is 5.69 Å². The van der Waals surface area contributed by atoms with E-state index in [1.807, 2.05) is 0 Å². The number of carbonyl (C=O) groups is 1. The van der Waals surface area contributed by atoms with Crippen LogP contribution in [0, 0.1) is 15.9 Å². The number of rotatable bonds is 6. The van der Waals surface area contributed by atoms with Gasteiger partial charge in [0.15, 0.2) is 5.78 Å². The molecule has 10 heteroatoms. The maximum absolute atomic E-state index is 13.4. The number of hydrogen-bond acceptors (Lipinski definition) is 4. The fraction of sp³-hybridized carbons (Fsp3) is 0.133. The van der Waals surface area contributed by atoms with E-state index in [9.17, 15) is 23.7 Å². The highest BCUT2D eigenvalue weighted by molar-refractivity contribution is 9.11. The first-order valence-corrected chi connectivity index (χ1v) is 8.70. The smallest absolute Gasteiger partial charge is 0.307 e. The number of hydrogen-bond donors (Lipinski definition) is 1. The van der Waals surface area contributed by atoms with Crippen LogP contribution in [0.3, 0.4) is 0 Å². The fourth-order valence-corrected chi connectivity index (χ4v) is 3.95. The van der Waals surface area contributed by atoms with Gasteiger partial charge in [0, 0.05) is 16.6 Å². The van der Waals surface area contributed by atoms with E-state index < -0.39 is 28.9 Å². The van der Waals surface area contributed by atoms with Crippen LogP contribution in [0.2, 0.25) is 5.02 Å². The van der Waals surface area contributed by atoms with Crippen molar-refractivity contribution in [3.8, 4) is 0 Å². The van der Waals surface area contributed by atoms with Gasteiger partial charge in [0.25, 0.3) is 0 Å². The molecule has 132 valence electrons. The van der Waals surface area contributed by atoms with Gasteiger partial charge in [0.2, 0.25) is 0 Å². The summed E-state index contributed by atoms with van der Waals surface area (Å²) in [6, 6.07) is 4.55. The molecule has 5 nitrogen and oxygen atoms in total. The van der Waals surface area contributed by atoms with E-state index in [-0.39, 0.29) is 37.3 Å². The zero-order valence-corrected chi connectivity index (χ0v) is 16.2. The minimum Gasteiger partial charge on any atom is -0.377 e. The molecule has 2 aromatic carbocycles. The van der Waals surface area contributed by atoms with Crippen molar-refractivity contribution in [1.82, 2.24) is 0 Å². The van der Waals surface area contributed by atoms with Crippen molar-refractivity contribution in [1.29, 1.82) is 0 Å². The summed E-state index contributed by atoms with van der Waals surface area (Å²) in [6.45, 7) is -0.866. The minimum absolute atomic E-state index is 0.00693. The zero-order chi connectivity index (χ0) is 18.7. The average molecular weight is 499 g/mol. The topological polar surface area (TPSA) is 72.2 Å². The Morgan fingerprint density at radius 2 is 2.00 bits per heavy atom. The molecule has 2 rings (SSSR count). The third kappa shape index (κ3) is 4.16. The van der Waals surface area contributed by atoms with Gasteiger partial charge in [0.1, 0.15) is 22.7 Å². The maximum Gasteiger partial charge on any atom is 0.307 e. The fourth-order valence-electron chi connectivity index (χ4n) is 2.12. The van der Waals surface area contributed by atoms with Crippen LogP contribution in [0.4, 0.5) is 20.2 Å². The molecule has 0 fully saturated rings. The normalized spacial score (nSPS) is 10.6. The molecule has 0 heterocycles. The molecule has 0 saturated carbocycles. The van der Waals surface area contributed by atoms with Crippen molar-refractivity contribution in [2.75, 3.05) is 18.5 Å². The third-order valence-electron chi connectivity index (χ3n) is 3.19. The maximum atomic E-state index is 13.4. The SMILES string of the molecule is O=C(c1cc(F)ccc1Cl)c1c(Br)cc(NCCF)c([N+](=O)[O-])c1Br. The molecule has 0 bridgehead atoms. The quantitative estimate of drug-likeness (QED) is 0.323. The molecular formula is C15H9Br2ClF2N2O3. The lowest BCUT2D eigenvalue weighted by molar-refractivity contribution is -0.384. The Balaban J connectivity index is 2.65. The van der Waals surface area contributed by atoms with Crippen LogP contribution in [0.15, 0.2) is 33.2 Å². The number of benzene rings is 2. The summed E-state index contributed by atoms with van der Waals surface area (Å²) in [4.78, 5) is 23.4. The monoisotopic (exact) mass is 496 g/mol. The number of carbonyl (C=O) groups excluding carboxylic acids is 1. The lowest BCUT2D eigenvalue weighted by Crippen LogP contribution is -2.10. The van der Waals surface area contributed by atoms with E-state index in [4.69, 9.17) is 11.6 Å². The van der Waals surface area contributed by atoms with Gasteiger partial charge < -0.3 is 5.32 Å². The second kappa shape index (κ2) is 8.20. The third-order valence-corrected chi connectivity index (χ3v) is 4.91. The Morgan fingerprint density at radius 3 is 2.60 bits per heavy atom. The van der Waals surface area contributed by atoms with Gasteiger partial charge in [-0.3, -0.25) is 14.9 Å². The highest BCUT2D eigenvalue weighted by Gasteiger charge is 2.29. The van der Waals surface area contributed by atoms with Crippen molar-refractivity contribution in [2.45, 2.75) is 0 Å². The predicted molar refractivity (Wildman–Crippen MR) is 97.8 cm³/mol. The van der Waals surface area contributed by atoms with Gasteiger partial charge in [0.05, 0.1) is 15.5 Å². The molecule has 0 saturated heterocycles. The van der Waals surface area contributed by atoms with E-state index in [1.54, 1.807) is 0 Å².